The van der Waals surface area contributed by atoms with Gasteiger partial charge in [0, 0.05) is 22.5 Å². The van der Waals surface area contributed by atoms with Gasteiger partial charge >= 0.3 is 0 Å². The number of rotatable bonds is 3. The number of nitrogens with one attached hydrogen (secondary N) is 1. The van der Waals surface area contributed by atoms with E-state index < -0.39 is 0 Å². The fourth-order valence-corrected chi connectivity index (χ4v) is 3.07. The summed E-state index contributed by atoms with van der Waals surface area (Å²) in [5, 5.41) is 6.87. The number of hydrogen-bond acceptors (Lipinski definition) is 3. The molecule has 1 N–H and O–H groups in total. The summed E-state index contributed by atoms with van der Waals surface area (Å²) < 4.78 is 2.67. The van der Waals surface area contributed by atoms with E-state index in [2.05, 4.69) is 26.3 Å². The van der Waals surface area contributed by atoms with Crippen LogP contribution in [0.1, 0.15) is 9.67 Å². The van der Waals surface area contributed by atoms with Gasteiger partial charge in [-0.3, -0.25) is 9.48 Å². The number of aryl methyl sites for hydroxylation is 1. The van der Waals surface area contributed by atoms with E-state index in [1.54, 1.807) is 24.0 Å². The van der Waals surface area contributed by atoms with Crippen molar-refractivity contribution in [3.8, 4) is 10.4 Å². The SMILES string of the molecule is Cn1nccc1NC(=O)c1ccc(-c2ccc(Br)cc2)s1. The zero-order valence-electron chi connectivity index (χ0n) is 11.2. The molecule has 0 aliphatic heterocycles. The van der Waals surface area contributed by atoms with Gasteiger partial charge in [-0.05, 0) is 29.8 Å². The lowest BCUT2D eigenvalue weighted by molar-refractivity contribution is 0.102. The van der Waals surface area contributed by atoms with Crippen LogP contribution < -0.4 is 5.32 Å². The minimum Gasteiger partial charge on any atom is -0.306 e. The highest BCUT2D eigenvalue weighted by molar-refractivity contribution is 9.10. The number of nitrogens with zero attached hydrogens (tertiary/aromatic N) is 2. The zero-order chi connectivity index (χ0) is 14.8. The van der Waals surface area contributed by atoms with Gasteiger partial charge in [0.15, 0.2) is 0 Å². The van der Waals surface area contributed by atoms with Crippen LogP contribution in [0.15, 0.2) is 53.1 Å². The smallest absolute Gasteiger partial charge is 0.266 e. The van der Waals surface area contributed by atoms with Crippen molar-refractivity contribution in [2.45, 2.75) is 0 Å². The van der Waals surface area contributed by atoms with Gasteiger partial charge in [0.1, 0.15) is 5.82 Å². The van der Waals surface area contributed by atoms with E-state index in [-0.39, 0.29) is 5.91 Å². The third-order valence-corrected chi connectivity index (χ3v) is 4.68. The van der Waals surface area contributed by atoms with Crippen LogP contribution in [0, 0.1) is 0 Å². The Morgan fingerprint density at radius 2 is 1.95 bits per heavy atom. The summed E-state index contributed by atoms with van der Waals surface area (Å²) in [4.78, 5) is 14.0. The van der Waals surface area contributed by atoms with Crippen LogP contribution in [0.4, 0.5) is 5.82 Å². The number of thiophene rings is 1. The van der Waals surface area contributed by atoms with E-state index in [9.17, 15) is 4.79 Å². The minimum absolute atomic E-state index is 0.119. The fraction of sp³-hybridized carbons (Fsp3) is 0.0667. The van der Waals surface area contributed by atoms with Gasteiger partial charge < -0.3 is 5.32 Å². The number of carbonyl (C=O) groups is 1. The van der Waals surface area contributed by atoms with Crippen molar-refractivity contribution >= 4 is 39.0 Å². The maximum Gasteiger partial charge on any atom is 0.266 e. The lowest BCUT2D eigenvalue weighted by Crippen LogP contribution is -2.13. The second kappa shape index (κ2) is 5.83. The summed E-state index contributed by atoms with van der Waals surface area (Å²) in [6.45, 7) is 0. The lowest BCUT2D eigenvalue weighted by atomic mass is 10.2. The Morgan fingerprint density at radius 3 is 2.62 bits per heavy atom. The molecule has 0 saturated heterocycles. The monoisotopic (exact) mass is 361 g/mol. The molecule has 0 atom stereocenters. The topological polar surface area (TPSA) is 46.9 Å². The molecular formula is C15H12BrN3OS. The molecule has 2 aromatic heterocycles. The molecule has 3 rings (SSSR count). The number of halogens is 1. The number of benzene rings is 1. The summed E-state index contributed by atoms with van der Waals surface area (Å²) in [6, 6.07) is 13.6. The molecular weight excluding hydrogens is 350 g/mol. The molecule has 0 aliphatic carbocycles. The van der Waals surface area contributed by atoms with Crippen LogP contribution in [-0.4, -0.2) is 15.7 Å². The van der Waals surface area contributed by atoms with Gasteiger partial charge in [0.05, 0.1) is 11.1 Å². The number of carbonyl (C=O) groups excluding carboxylic acids is 1. The van der Waals surface area contributed by atoms with E-state index in [4.69, 9.17) is 0 Å². The highest BCUT2D eigenvalue weighted by Gasteiger charge is 2.12. The highest BCUT2D eigenvalue weighted by atomic mass is 79.9. The molecule has 1 amide bonds. The molecule has 3 aromatic rings. The van der Waals surface area contributed by atoms with E-state index in [1.807, 2.05) is 36.4 Å². The van der Waals surface area contributed by atoms with E-state index >= 15 is 0 Å². The van der Waals surface area contributed by atoms with Gasteiger partial charge in [-0.25, -0.2) is 0 Å². The van der Waals surface area contributed by atoms with E-state index in [0.717, 1.165) is 14.9 Å². The molecule has 0 spiro atoms. The van der Waals surface area contributed by atoms with Crippen LogP contribution in [0.3, 0.4) is 0 Å². The highest BCUT2D eigenvalue weighted by Crippen LogP contribution is 2.29. The van der Waals surface area contributed by atoms with Crippen molar-refractivity contribution in [3.63, 3.8) is 0 Å². The van der Waals surface area contributed by atoms with Crippen molar-refractivity contribution in [2.24, 2.45) is 7.05 Å². The van der Waals surface area contributed by atoms with Crippen molar-refractivity contribution < 1.29 is 4.79 Å². The molecule has 0 bridgehead atoms. The van der Waals surface area contributed by atoms with Crippen LogP contribution in [0.25, 0.3) is 10.4 Å². The van der Waals surface area contributed by atoms with E-state index in [1.165, 1.54) is 11.3 Å². The van der Waals surface area contributed by atoms with Crippen molar-refractivity contribution in [3.05, 3.63) is 58.0 Å². The maximum absolute atomic E-state index is 12.2. The molecule has 0 unspecified atom stereocenters. The Kier molecular flexibility index (Phi) is 3.90. The second-order valence-electron chi connectivity index (χ2n) is 4.46. The molecule has 1 aromatic carbocycles. The Balaban J connectivity index is 1.80. The summed E-state index contributed by atoms with van der Waals surface area (Å²) in [7, 11) is 1.79. The van der Waals surface area contributed by atoms with Gasteiger partial charge in [-0.1, -0.05) is 28.1 Å². The molecule has 0 radical (unpaired) electrons. The molecule has 0 saturated carbocycles. The predicted molar refractivity (Wildman–Crippen MR) is 88.6 cm³/mol. The summed E-state index contributed by atoms with van der Waals surface area (Å²) in [5.41, 5.74) is 1.10. The summed E-state index contributed by atoms with van der Waals surface area (Å²) >= 11 is 4.89. The second-order valence-corrected chi connectivity index (χ2v) is 6.46. The Bertz CT molecular complexity index is 776. The largest absolute Gasteiger partial charge is 0.306 e. The fourth-order valence-electron chi connectivity index (χ4n) is 1.90. The predicted octanol–water partition coefficient (Wildman–Crippen LogP) is 4.16. The summed E-state index contributed by atoms with van der Waals surface area (Å²) in [6.07, 6.45) is 1.65. The van der Waals surface area contributed by atoms with E-state index in [0.29, 0.717) is 10.7 Å². The number of hydrogen-bond donors (Lipinski definition) is 1. The zero-order valence-corrected chi connectivity index (χ0v) is 13.6. The Morgan fingerprint density at radius 1 is 1.19 bits per heavy atom. The van der Waals surface area contributed by atoms with Crippen LogP contribution in [-0.2, 0) is 7.05 Å². The number of anilines is 1. The molecule has 0 aliphatic rings. The lowest BCUT2D eigenvalue weighted by Gasteiger charge is -2.03. The average molecular weight is 362 g/mol. The van der Waals surface area contributed by atoms with Gasteiger partial charge in [-0.15, -0.1) is 11.3 Å². The molecule has 6 heteroatoms. The Labute approximate surface area is 134 Å². The van der Waals surface area contributed by atoms with Gasteiger partial charge in [0.2, 0.25) is 0 Å². The molecule has 21 heavy (non-hydrogen) atoms. The first kappa shape index (κ1) is 14.0. The summed E-state index contributed by atoms with van der Waals surface area (Å²) in [5.74, 6) is 0.561. The molecule has 106 valence electrons. The van der Waals surface area contributed by atoms with Crippen molar-refractivity contribution in [1.29, 1.82) is 0 Å². The van der Waals surface area contributed by atoms with Gasteiger partial charge in [-0.2, -0.15) is 5.10 Å². The van der Waals surface area contributed by atoms with Gasteiger partial charge in [0.25, 0.3) is 5.91 Å². The quantitative estimate of drug-likeness (QED) is 0.760. The molecule has 0 fully saturated rings. The maximum atomic E-state index is 12.2. The first-order valence-corrected chi connectivity index (χ1v) is 7.89. The Hall–Kier alpha value is -1.92. The van der Waals surface area contributed by atoms with Crippen LogP contribution in [0.5, 0.6) is 0 Å². The number of aromatic nitrogens is 2. The first-order valence-electron chi connectivity index (χ1n) is 6.28. The van der Waals surface area contributed by atoms with Crippen LogP contribution in [0.2, 0.25) is 0 Å². The van der Waals surface area contributed by atoms with Crippen molar-refractivity contribution in [1.82, 2.24) is 9.78 Å². The normalized spacial score (nSPS) is 10.6. The third kappa shape index (κ3) is 3.06. The molecule has 4 nitrogen and oxygen atoms in total. The standard InChI is InChI=1S/C15H12BrN3OS/c1-19-14(8-9-17-19)18-15(20)13-7-6-12(21-13)10-2-4-11(16)5-3-10/h2-9H,1H3,(H,18,20). The van der Waals surface area contributed by atoms with Crippen LogP contribution >= 0.6 is 27.3 Å². The van der Waals surface area contributed by atoms with Crippen molar-refractivity contribution in [2.75, 3.05) is 5.32 Å². The minimum atomic E-state index is -0.119. The number of amides is 1. The average Bonchev–Trinajstić information content (AvgIpc) is 3.10. The third-order valence-electron chi connectivity index (χ3n) is 3.02. The first-order chi connectivity index (χ1) is 10.1. The molecule has 2 heterocycles.